The van der Waals surface area contributed by atoms with Crippen molar-refractivity contribution < 1.29 is 19.1 Å². The maximum absolute atomic E-state index is 13.1. The van der Waals surface area contributed by atoms with Gasteiger partial charge in [-0.3, -0.25) is 20.4 Å². The standard InChI is InChI=1S/C14H9BrClFN2O3/c15-11-3-2-8(17)6-9(11)13(21)18-19-14(22)10-5-7(16)1-4-12(10)20/h1-6,20H,(H,18,21)(H,19,22). The zero-order chi connectivity index (χ0) is 16.3. The van der Waals surface area contributed by atoms with Gasteiger partial charge in [-0.1, -0.05) is 11.6 Å². The second kappa shape index (κ2) is 6.76. The number of hydrazine groups is 1. The average molecular weight is 388 g/mol. The molecule has 0 fully saturated rings. The van der Waals surface area contributed by atoms with Crippen molar-refractivity contribution in [3.63, 3.8) is 0 Å². The minimum Gasteiger partial charge on any atom is -0.507 e. The number of benzene rings is 2. The molecule has 2 amide bonds. The van der Waals surface area contributed by atoms with Crippen LogP contribution in [0.15, 0.2) is 40.9 Å². The SMILES string of the molecule is O=C(NNC(=O)c1cc(F)ccc1Br)c1cc(Cl)ccc1O. The molecular formula is C14H9BrClFN2O3. The van der Waals surface area contributed by atoms with Crippen LogP contribution >= 0.6 is 27.5 Å². The molecule has 0 saturated heterocycles. The third-order valence-electron chi connectivity index (χ3n) is 2.67. The minimum absolute atomic E-state index is 0.00983. The molecule has 114 valence electrons. The van der Waals surface area contributed by atoms with Crippen LogP contribution < -0.4 is 10.9 Å². The number of carbonyl (C=O) groups is 2. The van der Waals surface area contributed by atoms with Gasteiger partial charge in [0.15, 0.2) is 0 Å². The maximum atomic E-state index is 13.1. The van der Waals surface area contributed by atoms with E-state index >= 15 is 0 Å². The normalized spacial score (nSPS) is 10.1. The lowest BCUT2D eigenvalue weighted by Gasteiger charge is -2.10. The number of hydrogen-bond donors (Lipinski definition) is 3. The van der Waals surface area contributed by atoms with E-state index in [1.54, 1.807) is 0 Å². The summed E-state index contributed by atoms with van der Waals surface area (Å²) in [6.07, 6.45) is 0. The van der Waals surface area contributed by atoms with Crippen LogP contribution in [0.3, 0.4) is 0 Å². The van der Waals surface area contributed by atoms with E-state index in [9.17, 15) is 19.1 Å². The number of amides is 2. The highest BCUT2D eigenvalue weighted by Gasteiger charge is 2.15. The second-order valence-electron chi connectivity index (χ2n) is 4.19. The van der Waals surface area contributed by atoms with E-state index in [0.29, 0.717) is 4.47 Å². The summed E-state index contributed by atoms with van der Waals surface area (Å²) in [6.45, 7) is 0. The molecule has 0 atom stereocenters. The van der Waals surface area contributed by atoms with Crippen molar-refractivity contribution in [2.45, 2.75) is 0 Å². The molecule has 2 aromatic carbocycles. The Morgan fingerprint density at radius 3 is 2.36 bits per heavy atom. The van der Waals surface area contributed by atoms with E-state index in [1.165, 1.54) is 30.3 Å². The molecule has 0 heterocycles. The molecule has 3 N–H and O–H groups in total. The van der Waals surface area contributed by atoms with Crippen LogP contribution in [-0.4, -0.2) is 16.9 Å². The summed E-state index contributed by atoms with van der Waals surface area (Å²) in [4.78, 5) is 23.8. The number of nitrogens with one attached hydrogen (secondary N) is 2. The van der Waals surface area contributed by atoms with E-state index in [0.717, 1.165) is 6.07 Å². The Labute approximate surface area is 138 Å². The highest BCUT2D eigenvalue weighted by Crippen LogP contribution is 2.21. The number of rotatable bonds is 2. The molecule has 8 heteroatoms. The van der Waals surface area contributed by atoms with Gasteiger partial charge in [-0.05, 0) is 52.3 Å². The highest BCUT2D eigenvalue weighted by atomic mass is 79.9. The van der Waals surface area contributed by atoms with Gasteiger partial charge in [-0.25, -0.2) is 4.39 Å². The first kappa shape index (κ1) is 16.3. The summed E-state index contributed by atoms with van der Waals surface area (Å²) in [7, 11) is 0. The summed E-state index contributed by atoms with van der Waals surface area (Å²) >= 11 is 8.84. The van der Waals surface area contributed by atoms with Crippen molar-refractivity contribution in [2.24, 2.45) is 0 Å². The fourth-order valence-corrected chi connectivity index (χ4v) is 2.21. The van der Waals surface area contributed by atoms with E-state index in [4.69, 9.17) is 11.6 Å². The fourth-order valence-electron chi connectivity index (χ4n) is 1.61. The van der Waals surface area contributed by atoms with Gasteiger partial charge in [0.2, 0.25) is 0 Å². The van der Waals surface area contributed by atoms with E-state index in [-0.39, 0.29) is 21.9 Å². The van der Waals surface area contributed by atoms with Gasteiger partial charge < -0.3 is 5.11 Å². The van der Waals surface area contributed by atoms with Crippen molar-refractivity contribution in [3.05, 3.63) is 62.8 Å². The van der Waals surface area contributed by atoms with Gasteiger partial charge >= 0.3 is 0 Å². The molecular weight excluding hydrogens is 379 g/mol. The molecule has 2 aromatic rings. The molecule has 0 bridgehead atoms. The lowest BCUT2D eigenvalue weighted by atomic mass is 10.2. The molecule has 5 nitrogen and oxygen atoms in total. The van der Waals surface area contributed by atoms with E-state index in [2.05, 4.69) is 26.8 Å². The predicted molar refractivity (Wildman–Crippen MR) is 82.1 cm³/mol. The zero-order valence-corrected chi connectivity index (χ0v) is 13.2. The number of phenols is 1. The van der Waals surface area contributed by atoms with Crippen molar-refractivity contribution in [1.29, 1.82) is 0 Å². The molecule has 0 aliphatic carbocycles. The van der Waals surface area contributed by atoms with E-state index < -0.39 is 17.6 Å². The molecule has 0 unspecified atom stereocenters. The van der Waals surface area contributed by atoms with Gasteiger partial charge in [0.1, 0.15) is 11.6 Å². The predicted octanol–water partition coefficient (Wildman–Crippen LogP) is 3.02. The Morgan fingerprint density at radius 1 is 1.05 bits per heavy atom. The topological polar surface area (TPSA) is 78.4 Å². The third kappa shape index (κ3) is 3.75. The number of hydrogen-bond acceptors (Lipinski definition) is 3. The van der Waals surface area contributed by atoms with Crippen molar-refractivity contribution in [3.8, 4) is 5.75 Å². The maximum Gasteiger partial charge on any atom is 0.273 e. The van der Waals surface area contributed by atoms with Crippen molar-refractivity contribution in [2.75, 3.05) is 0 Å². The molecule has 0 spiro atoms. The van der Waals surface area contributed by atoms with Crippen LogP contribution in [0.25, 0.3) is 0 Å². The summed E-state index contributed by atoms with van der Waals surface area (Å²) in [5.41, 5.74) is 4.14. The van der Waals surface area contributed by atoms with Gasteiger partial charge in [-0.15, -0.1) is 0 Å². The Balaban J connectivity index is 2.09. The number of halogens is 3. The van der Waals surface area contributed by atoms with Crippen molar-refractivity contribution >= 4 is 39.3 Å². The number of aromatic hydroxyl groups is 1. The summed E-state index contributed by atoms with van der Waals surface area (Å²) in [5, 5.41) is 9.83. The van der Waals surface area contributed by atoms with E-state index in [1.807, 2.05) is 0 Å². The zero-order valence-electron chi connectivity index (χ0n) is 10.9. The van der Waals surface area contributed by atoms with Crippen LogP contribution in [0, 0.1) is 5.82 Å². The fraction of sp³-hybridized carbons (Fsp3) is 0. The average Bonchev–Trinajstić information content (AvgIpc) is 2.49. The Morgan fingerprint density at radius 2 is 1.68 bits per heavy atom. The molecule has 0 aromatic heterocycles. The highest BCUT2D eigenvalue weighted by molar-refractivity contribution is 9.10. The lowest BCUT2D eigenvalue weighted by molar-refractivity contribution is 0.0844. The first-order valence-electron chi connectivity index (χ1n) is 5.92. The molecule has 22 heavy (non-hydrogen) atoms. The van der Waals surface area contributed by atoms with Crippen LogP contribution in [-0.2, 0) is 0 Å². The largest absolute Gasteiger partial charge is 0.507 e. The number of carbonyl (C=O) groups excluding carboxylic acids is 2. The van der Waals surface area contributed by atoms with Crippen LogP contribution in [0.4, 0.5) is 4.39 Å². The van der Waals surface area contributed by atoms with Crippen molar-refractivity contribution in [1.82, 2.24) is 10.9 Å². The minimum atomic E-state index is -0.763. The quantitative estimate of drug-likeness (QED) is 0.693. The van der Waals surface area contributed by atoms with Crippen LogP contribution in [0.1, 0.15) is 20.7 Å². The van der Waals surface area contributed by atoms with Gasteiger partial charge in [0, 0.05) is 9.50 Å². The first-order valence-corrected chi connectivity index (χ1v) is 7.10. The van der Waals surface area contributed by atoms with Crippen LogP contribution in [0.5, 0.6) is 5.75 Å². The Kier molecular flexibility index (Phi) is 4.99. The lowest BCUT2D eigenvalue weighted by Crippen LogP contribution is -2.41. The molecule has 0 aliphatic heterocycles. The van der Waals surface area contributed by atoms with Gasteiger partial charge in [-0.2, -0.15) is 0 Å². The first-order chi connectivity index (χ1) is 10.4. The summed E-state index contributed by atoms with van der Waals surface area (Å²) < 4.78 is 13.5. The smallest absolute Gasteiger partial charge is 0.273 e. The summed E-state index contributed by atoms with van der Waals surface area (Å²) in [6, 6.07) is 7.48. The Bertz CT molecular complexity index is 691. The third-order valence-corrected chi connectivity index (χ3v) is 3.59. The van der Waals surface area contributed by atoms with Crippen LogP contribution in [0.2, 0.25) is 5.02 Å². The van der Waals surface area contributed by atoms with Gasteiger partial charge in [0.25, 0.3) is 11.8 Å². The molecule has 0 aliphatic rings. The molecule has 0 radical (unpaired) electrons. The Hall–Kier alpha value is -2.12. The molecule has 2 rings (SSSR count). The second-order valence-corrected chi connectivity index (χ2v) is 5.48. The van der Waals surface area contributed by atoms with Gasteiger partial charge in [0.05, 0.1) is 11.1 Å². The number of phenolic OH excluding ortho intramolecular Hbond substituents is 1. The summed E-state index contributed by atoms with van der Waals surface area (Å²) in [5.74, 6) is -2.36. The monoisotopic (exact) mass is 386 g/mol. The molecule has 0 saturated carbocycles.